The monoisotopic (exact) mass is 995 g/mol. The number of ether oxygens (including phenoxy) is 7. The van der Waals surface area contributed by atoms with Gasteiger partial charge in [0.25, 0.3) is 0 Å². The van der Waals surface area contributed by atoms with Gasteiger partial charge in [-0.1, -0.05) is 26.3 Å². The fourth-order valence-corrected chi connectivity index (χ4v) is 8.67. The molecular weight excluding hydrogens is 917 g/mol. The van der Waals surface area contributed by atoms with E-state index in [1.165, 1.54) is 31.1 Å². The van der Waals surface area contributed by atoms with Crippen LogP contribution in [0.3, 0.4) is 0 Å². The van der Waals surface area contributed by atoms with Gasteiger partial charge < -0.3 is 38.3 Å². The van der Waals surface area contributed by atoms with Crippen LogP contribution in [0.5, 0.6) is 0 Å². The van der Waals surface area contributed by atoms with Crippen molar-refractivity contribution in [2.75, 3.05) is 21.3 Å². The first-order chi connectivity index (χ1) is 31.7. The lowest BCUT2D eigenvalue weighted by Gasteiger charge is -2.29. The van der Waals surface area contributed by atoms with Crippen LogP contribution < -0.4 is 0 Å². The van der Waals surface area contributed by atoms with Crippen molar-refractivity contribution in [2.45, 2.75) is 208 Å². The second kappa shape index (κ2) is 21.4. The summed E-state index contributed by atoms with van der Waals surface area (Å²) in [6, 6.07) is -2.54. The Morgan fingerprint density at radius 1 is 0.557 bits per heavy atom. The smallest absolute Gasteiger partial charge is 0.417 e. The zero-order chi connectivity index (χ0) is 54.0. The molecule has 21 heteroatoms. The van der Waals surface area contributed by atoms with Crippen LogP contribution in [0.15, 0.2) is 11.8 Å². The number of fused-ring (bicyclic) bond motifs is 2. The fourth-order valence-electron chi connectivity index (χ4n) is 8.67. The number of imide groups is 1. The number of carbonyl (C=O) groups is 9. The molecule has 9 atom stereocenters. The second-order valence-corrected chi connectivity index (χ2v) is 23.3. The molecule has 5 amide bonds. The number of hydrogen-bond acceptors (Lipinski definition) is 16. The Labute approximate surface area is 412 Å². The third-order valence-corrected chi connectivity index (χ3v) is 12.1. The molecular formula is C49H78N4O17. The Kier molecular flexibility index (Phi) is 17.9. The van der Waals surface area contributed by atoms with Gasteiger partial charge in [0.2, 0.25) is 5.91 Å². The average molecular weight is 995 g/mol. The standard InChI is InChI=1S/C13H21NO4.C12H19NO5.2C12H19NO4/c1-12(2,3)18-11(16)14-8(10(15)17-5)6-13(4)7-9(13)14;1-7-6-8(10(15)17-5)13(9(7)14)11(16)18-12(2,3)4;1-11(2,3)17-10(16)13-7(9(14)15)5-12(4)6-8(12)13;1-8-6-9(10(14)16-5)13(7-8)11(15)17-12(2,3)4/h8-9H,6-7H2,1-5H3;7-8H,6H2,1-5H3;7-8H,5-6H2,1-4H3,(H,14,15);7,9H,6H2,1-5H3/t8-,9+,13-;7?,8-;7-,8+,12-;9-/m0000/s1. The van der Waals surface area contributed by atoms with E-state index in [1.807, 2.05) is 34.6 Å². The Morgan fingerprint density at radius 2 is 0.914 bits per heavy atom. The largest absolute Gasteiger partial charge is 0.480 e. The molecule has 3 saturated heterocycles. The van der Waals surface area contributed by atoms with Gasteiger partial charge in [0, 0.05) is 30.6 Å². The highest BCUT2D eigenvalue weighted by molar-refractivity contribution is 6.00. The number of esters is 3. The number of carboxylic acid groups (broad SMARTS) is 1. The number of aliphatic carboxylic acids is 1. The van der Waals surface area contributed by atoms with Crippen molar-refractivity contribution < 1.29 is 81.4 Å². The van der Waals surface area contributed by atoms with Gasteiger partial charge in [-0.25, -0.2) is 43.3 Å². The summed E-state index contributed by atoms with van der Waals surface area (Å²) in [7, 11) is 3.88. The van der Waals surface area contributed by atoms with Gasteiger partial charge in [-0.15, -0.1) is 0 Å². The Bertz CT molecular complexity index is 2060. The van der Waals surface area contributed by atoms with Gasteiger partial charge in [-0.05, 0) is 133 Å². The number of likely N-dealkylation sites (tertiary alicyclic amines) is 3. The van der Waals surface area contributed by atoms with Crippen molar-refractivity contribution in [2.24, 2.45) is 16.7 Å². The van der Waals surface area contributed by atoms with E-state index in [9.17, 15) is 43.2 Å². The van der Waals surface area contributed by atoms with Gasteiger partial charge in [0.15, 0.2) is 0 Å². The third-order valence-electron chi connectivity index (χ3n) is 12.1. The number of piperidine rings is 2. The van der Waals surface area contributed by atoms with Gasteiger partial charge in [0.05, 0.1) is 21.3 Å². The van der Waals surface area contributed by atoms with E-state index in [-0.39, 0.29) is 41.2 Å². The Balaban J connectivity index is 0.000000247. The van der Waals surface area contributed by atoms with Crippen LogP contribution in [0.2, 0.25) is 0 Å². The summed E-state index contributed by atoms with van der Waals surface area (Å²) in [5.41, 5.74) is -1.44. The van der Waals surface area contributed by atoms with Crippen LogP contribution in [0.4, 0.5) is 19.2 Å². The number of nitrogens with zero attached hydrogens (tertiary/aromatic N) is 4. The number of amides is 5. The zero-order valence-electron chi connectivity index (χ0n) is 44.6. The predicted molar refractivity (Wildman–Crippen MR) is 251 cm³/mol. The minimum atomic E-state index is -0.940. The summed E-state index contributed by atoms with van der Waals surface area (Å²) in [6.07, 6.45) is 3.19. The van der Waals surface area contributed by atoms with Gasteiger partial charge in [0.1, 0.15) is 46.6 Å². The molecule has 0 aromatic heterocycles. The molecule has 0 bridgehead atoms. The molecule has 6 rings (SSSR count). The molecule has 0 aromatic rings. The van der Waals surface area contributed by atoms with Crippen molar-refractivity contribution in [1.82, 2.24) is 19.6 Å². The molecule has 4 heterocycles. The molecule has 0 aromatic carbocycles. The first-order valence-corrected chi connectivity index (χ1v) is 23.5. The molecule has 0 spiro atoms. The normalized spacial score (nSPS) is 28.4. The molecule has 0 radical (unpaired) electrons. The highest BCUT2D eigenvalue weighted by Crippen LogP contribution is 2.60. The van der Waals surface area contributed by atoms with Crippen molar-refractivity contribution in [3.63, 3.8) is 0 Å². The topological polar surface area (TPSA) is 251 Å². The summed E-state index contributed by atoms with van der Waals surface area (Å²) < 4.78 is 35.0. The number of methoxy groups -OCH3 is 3. The predicted octanol–water partition coefficient (Wildman–Crippen LogP) is 7.21. The molecule has 4 aliphatic heterocycles. The van der Waals surface area contributed by atoms with Crippen molar-refractivity contribution in [3.8, 4) is 0 Å². The van der Waals surface area contributed by atoms with Crippen molar-refractivity contribution in [1.29, 1.82) is 0 Å². The number of rotatable bonds is 4. The quantitative estimate of drug-likeness (QED) is 0.216. The lowest BCUT2D eigenvalue weighted by Crippen LogP contribution is -2.46. The lowest BCUT2D eigenvalue weighted by molar-refractivity contribution is -0.148. The zero-order valence-corrected chi connectivity index (χ0v) is 44.6. The van der Waals surface area contributed by atoms with Crippen LogP contribution in [-0.4, -0.2) is 159 Å². The van der Waals surface area contributed by atoms with E-state index < -0.39 is 94.8 Å². The maximum Gasteiger partial charge on any atom is 0.417 e. The molecule has 70 heavy (non-hydrogen) atoms. The second-order valence-electron chi connectivity index (χ2n) is 23.3. The van der Waals surface area contributed by atoms with Crippen LogP contribution >= 0.6 is 0 Å². The summed E-state index contributed by atoms with van der Waals surface area (Å²) in [5, 5.41) is 9.13. The van der Waals surface area contributed by atoms with E-state index in [4.69, 9.17) is 28.8 Å². The van der Waals surface area contributed by atoms with Crippen molar-refractivity contribution in [3.05, 3.63) is 11.8 Å². The molecule has 21 nitrogen and oxygen atoms in total. The van der Waals surface area contributed by atoms with Gasteiger partial charge in [-0.2, -0.15) is 0 Å². The van der Waals surface area contributed by atoms with Crippen LogP contribution in [0, 0.1) is 16.7 Å². The summed E-state index contributed by atoms with van der Waals surface area (Å²) in [5.74, 6) is -3.11. The summed E-state index contributed by atoms with van der Waals surface area (Å²) >= 11 is 0. The first-order valence-electron chi connectivity index (χ1n) is 23.5. The molecule has 1 N–H and O–H groups in total. The van der Waals surface area contributed by atoms with E-state index in [2.05, 4.69) is 16.4 Å². The van der Waals surface area contributed by atoms with E-state index >= 15 is 0 Å². The van der Waals surface area contributed by atoms with Gasteiger partial charge >= 0.3 is 48.3 Å². The summed E-state index contributed by atoms with van der Waals surface area (Å²) in [4.78, 5) is 111. The number of carboxylic acids is 1. The van der Waals surface area contributed by atoms with Crippen LogP contribution in [-0.2, 0) is 57.1 Å². The minimum Gasteiger partial charge on any atom is -0.480 e. The van der Waals surface area contributed by atoms with E-state index in [0.717, 1.165) is 23.3 Å². The van der Waals surface area contributed by atoms with Crippen LogP contribution in [0.1, 0.15) is 149 Å². The molecule has 6 aliphatic rings. The maximum absolute atomic E-state index is 12.2. The fraction of sp³-hybridized carbons (Fsp3) is 0.776. The van der Waals surface area contributed by atoms with E-state index in [1.54, 1.807) is 80.3 Å². The Hall–Kier alpha value is -5.63. The molecule has 1 unspecified atom stereocenters. The van der Waals surface area contributed by atoms with Gasteiger partial charge in [-0.3, -0.25) is 19.5 Å². The first kappa shape index (κ1) is 58.7. The molecule has 5 fully saturated rings. The third kappa shape index (κ3) is 15.2. The number of carbonyl (C=O) groups excluding carboxylic acids is 8. The lowest BCUT2D eigenvalue weighted by atomic mass is 10.0. The minimum absolute atomic E-state index is 0.0139. The molecule has 2 aliphatic carbocycles. The highest BCUT2D eigenvalue weighted by Gasteiger charge is 2.66. The average Bonchev–Trinajstić information content (AvgIpc) is 3.75. The van der Waals surface area contributed by atoms with Crippen LogP contribution in [0.25, 0.3) is 0 Å². The molecule has 396 valence electrons. The Morgan fingerprint density at radius 3 is 1.31 bits per heavy atom. The molecule has 2 saturated carbocycles. The number of hydrogen-bond donors (Lipinski definition) is 1. The summed E-state index contributed by atoms with van der Waals surface area (Å²) in [6.45, 7) is 28.9. The SMILES string of the molecule is CC(C)(C)OC(=O)N1[C@H](C(=O)O)C[C@@]2(C)C[C@@H]12.COC(=O)[C@@H]1CC(C)=CN1C(=O)OC(C)(C)C.COC(=O)[C@@H]1CC(C)C(=O)N1C(=O)OC(C)(C)C.COC(=O)[C@@H]1C[C@@]2(C)C[C@H]2N1C(=O)OC(C)(C)C. The highest BCUT2D eigenvalue weighted by atomic mass is 16.6. The van der Waals surface area contributed by atoms with E-state index in [0.29, 0.717) is 19.3 Å². The maximum atomic E-state index is 12.2. The van der Waals surface area contributed by atoms with Crippen molar-refractivity contribution >= 4 is 54.2 Å².